The van der Waals surface area contributed by atoms with E-state index in [1.807, 2.05) is 32.2 Å². The van der Waals surface area contributed by atoms with E-state index in [9.17, 15) is 9.59 Å². The standard InChI is InChI=1S/C15H19N3O3S/c1-9(2)18-12(5-7-16-18)17-14(19)11(4)21-15(20)13-10(3)6-8-22-13/h5-9,11H,1-4H3,(H,17,19)/t11-/m0/s1. The maximum Gasteiger partial charge on any atom is 0.349 e. The number of aromatic nitrogens is 2. The lowest BCUT2D eigenvalue weighted by molar-refractivity contribution is -0.123. The minimum atomic E-state index is -0.885. The zero-order chi connectivity index (χ0) is 16.3. The SMILES string of the molecule is Cc1ccsc1C(=O)O[C@@H](C)C(=O)Nc1ccnn1C(C)C. The summed E-state index contributed by atoms with van der Waals surface area (Å²) in [7, 11) is 0. The number of hydrogen-bond donors (Lipinski definition) is 1. The third-order valence-electron chi connectivity index (χ3n) is 3.11. The number of esters is 1. The molecule has 118 valence electrons. The van der Waals surface area contributed by atoms with Crippen LogP contribution in [0.1, 0.15) is 42.0 Å². The number of anilines is 1. The molecule has 2 aromatic rings. The van der Waals surface area contributed by atoms with Gasteiger partial charge in [-0.05, 0) is 44.7 Å². The van der Waals surface area contributed by atoms with Gasteiger partial charge in [-0.25, -0.2) is 9.48 Å². The van der Waals surface area contributed by atoms with Crippen molar-refractivity contribution in [3.05, 3.63) is 34.2 Å². The Morgan fingerprint density at radius 2 is 2.05 bits per heavy atom. The fourth-order valence-electron chi connectivity index (χ4n) is 1.90. The van der Waals surface area contributed by atoms with Gasteiger partial charge < -0.3 is 10.1 Å². The second-order valence-electron chi connectivity index (χ2n) is 5.22. The maximum atomic E-state index is 12.1. The molecule has 0 unspecified atom stereocenters. The quantitative estimate of drug-likeness (QED) is 0.859. The van der Waals surface area contributed by atoms with Gasteiger partial charge in [-0.2, -0.15) is 5.10 Å². The first-order valence-electron chi connectivity index (χ1n) is 6.99. The summed E-state index contributed by atoms with van der Waals surface area (Å²) >= 11 is 1.30. The molecule has 0 saturated carbocycles. The van der Waals surface area contributed by atoms with Crippen LogP contribution in [0.25, 0.3) is 0 Å². The van der Waals surface area contributed by atoms with Crippen molar-refractivity contribution in [2.75, 3.05) is 5.32 Å². The third-order valence-corrected chi connectivity index (χ3v) is 4.11. The minimum Gasteiger partial charge on any atom is -0.448 e. The van der Waals surface area contributed by atoms with E-state index in [1.165, 1.54) is 11.3 Å². The Morgan fingerprint density at radius 3 is 2.64 bits per heavy atom. The van der Waals surface area contributed by atoms with Crippen LogP contribution in [-0.2, 0) is 9.53 Å². The number of nitrogens with zero attached hydrogens (tertiary/aromatic N) is 2. The van der Waals surface area contributed by atoms with Crippen molar-refractivity contribution in [2.24, 2.45) is 0 Å². The molecule has 0 radical (unpaired) electrons. The number of hydrogen-bond acceptors (Lipinski definition) is 5. The van der Waals surface area contributed by atoms with E-state index in [0.717, 1.165) is 5.56 Å². The topological polar surface area (TPSA) is 73.2 Å². The fraction of sp³-hybridized carbons (Fsp3) is 0.400. The van der Waals surface area contributed by atoms with E-state index >= 15 is 0 Å². The number of ether oxygens (including phenoxy) is 1. The third kappa shape index (κ3) is 3.54. The second kappa shape index (κ2) is 6.74. The molecule has 0 aliphatic carbocycles. The molecule has 0 saturated heterocycles. The lowest BCUT2D eigenvalue weighted by atomic mass is 10.3. The van der Waals surface area contributed by atoms with Crippen LogP contribution in [0.15, 0.2) is 23.7 Å². The average molecular weight is 321 g/mol. The van der Waals surface area contributed by atoms with Gasteiger partial charge >= 0.3 is 5.97 Å². The Morgan fingerprint density at radius 1 is 1.32 bits per heavy atom. The van der Waals surface area contributed by atoms with Crippen molar-refractivity contribution in [2.45, 2.75) is 39.8 Å². The van der Waals surface area contributed by atoms with Crippen molar-refractivity contribution in [3.8, 4) is 0 Å². The highest BCUT2D eigenvalue weighted by atomic mass is 32.1. The molecule has 0 spiro atoms. The Bertz CT molecular complexity index is 675. The van der Waals surface area contributed by atoms with Crippen LogP contribution in [-0.4, -0.2) is 27.8 Å². The first-order valence-corrected chi connectivity index (χ1v) is 7.87. The average Bonchev–Trinajstić information content (AvgIpc) is 3.07. The summed E-state index contributed by atoms with van der Waals surface area (Å²) < 4.78 is 6.91. The molecule has 1 atom stereocenters. The number of nitrogens with one attached hydrogen (secondary N) is 1. The van der Waals surface area contributed by atoms with E-state index in [-0.39, 0.29) is 11.9 Å². The van der Waals surface area contributed by atoms with Crippen LogP contribution >= 0.6 is 11.3 Å². The Balaban J connectivity index is 1.99. The molecular weight excluding hydrogens is 302 g/mol. The van der Waals surface area contributed by atoms with Crippen LogP contribution in [0.5, 0.6) is 0 Å². The number of thiophene rings is 1. The summed E-state index contributed by atoms with van der Waals surface area (Å²) in [5.41, 5.74) is 0.848. The molecule has 0 aliphatic rings. The molecule has 2 aromatic heterocycles. The van der Waals surface area contributed by atoms with Crippen LogP contribution in [0, 0.1) is 6.92 Å². The molecule has 1 amide bonds. The summed E-state index contributed by atoms with van der Waals surface area (Å²) in [5.74, 6) is -0.285. The van der Waals surface area contributed by atoms with Crippen molar-refractivity contribution >= 4 is 29.0 Å². The van der Waals surface area contributed by atoms with Crippen molar-refractivity contribution < 1.29 is 14.3 Å². The van der Waals surface area contributed by atoms with Crippen molar-refractivity contribution in [1.29, 1.82) is 0 Å². The minimum absolute atomic E-state index is 0.122. The van der Waals surface area contributed by atoms with Gasteiger partial charge in [-0.15, -0.1) is 11.3 Å². The number of amides is 1. The molecule has 0 aromatic carbocycles. The van der Waals surface area contributed by atoms with Crippen molar-refractivity contribution in [3.63, 3.8) is 0 Å². The fourth-order valence-corrected chi connectivity index (χ4v) is 2.71. The van der Waals surface area contributed by atoms with Gasteiger partial charge in [0.15, 0.2) is 6.10 Å². The molecule has 0 bridgehead atoms. The molecule has 22 heavy (non-hydrogen) atoms. The van der Waals surface area contributed by atoms with Crippen molar-refractivity contribution in [1.82, 2.24) is 9.78 Å². The molecule has 7 heteroatoms. The Kier molecular flexibility index (Phi) is 4.97. The summed E-state index contributed by atoms with van der Waals surface area (Å²) in [4.78, 5) is 24.7. The van der Waals surface area contributed by atoms with E-state index in [4.69, 9.17) is 4.74 Å². The number of aryl methyl sites for hydroxylation is 1. The Hall–Kier alpha value is -2.15. The highest BCUT2D eigenvalue weighted by Gasteiger charge is 2.22. The zero-order valence-corrected chi connectivity index (χ0v) is 13.8. The van der Waals surface area contributed by atoms with Gasteiger partial charge in [0.1, 0.15) is 10.7 Å². The highest BCUT2D eigenvalue weighted by molar-refractivity contribution is 7.12. The molecule has 2 heterocycles. The number of carbonyl (C=O) groups is 2. The maximum absolute atomic E-state index is 12.1. The zero-order valence-electron chi connectivity index (χ0n) is 13.0. The van der Waals surface area contributed by atoms with Gasteiger partial charge in [0, 0.05) is 12.1 Å². The predicted octanol–water partition coefficient (Wildman–Crippen LogP) is 3.02. The lowest BCUT2D eigenvalue weighted by Crippen LogP contribution is -2.31. The largest absolute Gasteiger partial charge is 0.448 e. The Labute approximate surface area is 133 Å². The number of carbonyl (C=O) groups excluding carboxylic acids is 2. The van der Waals surface area contributed by atoms with E-state index < -0.39 is 12.1 Å². The summed E-state index contributed by atoms with van der Waals surface area (Å²) in [6.45, 7) is 7.31. The summed E-state index contributed by atoms with van der Waals surface area (Å²) in [6, 6.07) is 3.67. The molecule has 0 fully saturated rings. The van der Waals surface area contributed by atoms with E-state index in [1.54, 1.807) is 23.9 Å². The normalized spacial score (nSPS) is 12.2. The first-order chi connectivity index (χ1) is 10.4. The summed E-state index contributed by atoms with van der Waals surface area (Å²) in [6.07, 6.45) is 0.728. The monoisotopic (exact) mass is 321 g/mol. The smallest absolute Gasteiger partial charge is 0.349 e. The van der Waals surface area contributed by atoms with Gasteiger partial charge in [0.05, 0.1) is 6.20 Å². The van der Waals surface area contributed by atoms with Crippen LogP contribution < -0.4 is 5.32 Å². The summed E-state index contributed by atoms with van der Waals surface area (Å²) in [5, 5.41) is 8.68. The molecular formula is C15H19N3O3S. The number of rotatable bonds is 5. The van der Waals surface area contributed by atoms with E-state index in [0.29, 0.717) is 10.7 Å². The second-order valence-corrected chi connectivity index (χ2v) is 6.14. The van der Waals surface area contributed by atoms with Gasteiger partial charge in [0.25, 0.3) is 5.91 Å². The molecule has 0 aliphatic heterocycles. The van der Waals surface area contributed by atoms with Crippen LogP contribution in [0.3, 0.4) is 0 Å². The van der Waals surface area contributed by atoms with Crippen LogP contribution in [0.2, 0.25) is 0 Å². The first kappa shape index (κ1) is 16.2. The highest BCUT2D eigenvalue weighted by Crippen LogP contribution is 2.18. The molecule has 2 rings (SSSR count). The molecule has 1 N–H and O–H groups in total. The lowest BCUT2D eigenvalue weighted by Gasteiger charge is -2.15. The van der Waals surface area contributed by atoms with Gasteiger partial charge in [0.2, 0.25) is 0 Å². The van der Waals surface area contributed by atoms with Gasteiger partial charge in [-0.1, -0.05) is 0 Å². The van der Waals surface area contributed by atoms with Crippen LogP contribution in [0.4, 0.5) is 5.82 Å². The molecule has 6 nitrogen and oxygen atoms in total. The van der Waals surface area contributed by atoms with Gasteiger partial charge in [-0.3, -0.25) is 4.79 Å². The van der Waals surface area contributed by atoms with E-state index in [2.05, 4.69) is 10.4 Å². The predicted molar refractivity (Wildman–Crippen MR) is 85.2 cm³/mol.